The number of likely N-dealkylation sites (tertiary alicyclic amines) is 2. The molecule has 2 saturated heterocycles. The molecule has 3 aromatic rings. The van der Waals surface area contributed by atoms with Crippen molar-refractivity contribution < 1.29 is 9.90 Å². The Balaban J connectivity index is 1.03. The molecule has 0 radical (unpaired) electrons. The standard InChI is InChI=1S/C32H45N7O2/c40-31(41)24-39-19-15-35-30(39)23-37(22-29-33-13-14-34-29)21-27-8-6-26(7-9-27)20-36-16-10-32(25-36)11-17-38(18-12-32)28-4-2-1-3-5-28/h6-9,13-15,19,28H,1-5,10-12,16-18,20-25H2,(H,33,34)(H,40,41). The van der Waals surface area contributed by atoms with Crippen LogP contribution in [-0.2, 0) is 37.5 Å². The van der Waals surface area contributed by atoms with Crippen molar-refractivity contribution in [2.24, 2.45) is 5.41 Å². The second-order valence-electron chi connectivity index (χ2n) is 12.7. The number of hydrogen-bond acceptors (Lipinski definition) is 6. The first-order valence-corrected chi connectivity index (χ1v) is 15.5. The maximum atomic E-state index is 11.3. The number of aromatic nitrogens is 4. The summed E-state index contributed by atoms with van der Waals surface area (Å²) in [5.41, 5.74) is 3.13. The fraction of sp³-hybridized carbons (Fsp3) is 0.594. The average Bonchev–Trinajstić information content (AvgIpc) is 3.74. The molecule has 4 heterocycles. The maximum absolute atomic E-state index is 11.3. The predicted molar refractivity (Wildman–Crippen MR) is 158 cm³/mol. The number of carboxylic acid groups (broad SMARTS) is 1. The molecule has 9 heteroatoms. The lowest BCUT2D eigenvalue weighted by Gasteiger charge is -2.43. The second-order valence-corrected chi connectivity index (χ2v) is 12.7. The summed E-state index contributed by atoms with van der Waals surface area (Å²) in [5.74, 6) is 0.750. The zero-order valence-corrected chi connectivity index (χ0v) is 24.3. The van der Waals surface area contributed by atoms with Crippen LogP contribution in [0.4, 0.5) is 0 Å². The van der Waals surface area contributed by atoms with Gasteiger partial charge in [0.05, 0.1) is 13.1 Å². The van der Waals surface area contributed by atoms with E-state index in [0.717, 1.165) is 30.8 Å². The van der Waals surface area contributed by atoms with Crippen molar-refractivity contribution in [2.75, 3.05) is 26.2 Å². The number of H-pyrrole nitrogens is 1. The third-order valence-electron chi connectivity index (χ3n) is 9.70. The van der Waals surface area contributed by atoms with Crippen LogP contribution >= 0.6 is 0 Å². The second kappa shape index (κ2) is 12.9. The fourth-order valence-corrected chi connectivity index (χ4v) is 7.39. The van der Waals surface area contributed by atoms with Gasteiger partial charge >= 0.3 is 5.97 Å². The monoisotopic (exact) mass is 559 g/mol. The molecule has 2 aliphatic heterocycles. The van der Waals surface area contributed by atoms with Gasteiger partial charge in [-0.05, 0) is 68.3 Å². The van der Waals surface area contributed by atoms with Crippen LogP contribution in [0.1, 0.15) is 74.1 Å². The molecular weight excluding hydrogens is 514 g/mol. The topological polar surface area (TPSA) is 93.5 Å². The van der Waals surface area contributed by atoms with Gasteiger partial charge in [0.1, 0.15) is 18.2 Å². The van der Waals surface area contributed by atoms with Gasteiger partial charge in [0, 0.05) is 50.5 Å². The predicted octanol–water partition coefficient (Wildman–Crippen LogP) is 4.51. The summed E-state index contributed by atoms with van der Waals surface area (Å²) in [6, 6.07) is 9.90. The van der Waals surface area contributed by atoms with Gasteiger partial charge in [0.15, 0.2) is 0 Å². The molecule has 41 heavy (non-hydrogen) atoms. The van der Waals surface area contributed by atoms with Crippen molar-refractivity contribution in [1.82, 2.24) is 34.2 Å². The normalized spacial score (nSPS) is 20.3. The Bertz CT molecular complexity index is 1240. The molecular formula is C32H45N7O2. The largest absolute Gasteiger partial charge is 0.480 e. The van der Waals surface area contributed by atoms with E-state index in [0.29, 0.717) is 18.5 Å². The smallest absolute Gasteiger partial charge is 0.323 e. The third kappa shape index (κ3) is 7.26. The number of carboxylic acids is 1. The van der Waals surface area contributed by atoms with Crippen molar-refractivity contribution >= 4 is 5.97 Å². The molecule has 1 saturated carbocycles. The lowest BCUT2D eigenvalue weighted by Crippen LogP contribution is -2.46. The van der Waals surface area contributed by atoms with Crippen molar-refractivity contribution in [3.8, 4) is 0 Å². The molecule has 2 aromatic heterocycles. The van der Waals surface area contributed by atoms with E-state index in [-0.39, 0.29) is 6.54 Å². The van der Waals surface area contributed by atoms with Gasteiger partial charge in [-0.3, -0.25) is 14.6 Å². The summed E-state index contributed by atoms with van der Waals surface area (Å²) in [6.45, 7) is 7.89. The minimum atomic E-state index is -0.869. The van der Waals surface area contributed by atoms with Crippen LogP contribution in [-0.4, -0.2) is 77.5 Å². The first-order valence-electron chi connectivity index (χ1n) is 15.5. The van der Waals surface area contributed by atoms with Gasteiger partial charge in [-0.1, -0.05) is 43.5 Å². The van der Waals surface area contributed by atoms with Gasteiger partial charge in [0.25, 0.3) is 0 Å². The molecule has 9 nitrogen and oxygen atoms in total. The Kier molecular flexibility index (Phi) is 8.84. The van der Waals surface area contributed by atoms with Crippen LogP contribution in [0.5, 0.6) is 0 Å². The number of hydrogen-bond donors (Lipinski definition) is 2. The zero-order chi connectivity index (χ0) is 28.1. The van der Waals surface area contributed by atoms with Gasteiger partial charge in [-0.25, -0.2) is 9.97 Å². The summed E-state index contributed by atoms with van der Waals surface area (Å²) in [7, 11) is 0. The van der Waals surface area contributed by atoms with Crippen molar-refractivity contribution in [2.45, 2.75) is 90.1 Å². The van der Waals surface area contributed by atoms with Crippen LogP contribution in [0.3, 0.4) is 0 Å². The molecule has 1 aromatic carbocycles. The summed E-state index contributed by atoms with van der Waals surface area (Å²) in [4.78, 5) is 31.1. The van der Waals surface area contributed by atoms with E-state index in [4.69, 9.17) is 0 Å². The number of aliphatic carboxylic acids is 1. The Morgan fingerprint density at radius 3 is 2.44 bits per heavy atom. The molecule has 0 amide bonds. The molecule has 0 bridgehead atoms. The van der Waals surface area contributed by atoms with Gasteiger partial charge in [-0.2, -0.15) is 0 Å². The number of piperidine rings is 1. The highest BCUT2D eigenvalue weighted by atomic mass is 16.4. The molecule has 2 N–H and O–H groups in total. The van der Waals surface area contributed by atoms with Crippen LogP contribution < -0.4 is 0 Å². The van der Waals surface area contributed by atoms with Crippen molar-refractivity contribution in [1.29, 1.82) is 0 Å². The molecule has 3 fully saturated rings. The lowest BCUT2D eigenvalue weighted by atomic mass is 9.77. The van der Waals surface area contributed by atoms with E-state index in [1.165, 1.54) is 88.7 Å². The number of nitrogens with one attached hydrogen (secondary N) is 1. The van der Waals surface area contributed by atoms with Crippen molar-refractivity contribution in [3.05, 3.63) is 71.8 Å². The Morgan fingerprint density at radius 2 is 1.71 bits per heavy atom. The minimum absolute atomic E-state index is 0.0881. The third-order valence-corrected chi connectivity index (χ3v) is 9.70. The Hall–Kier alpha value is -3.01. The van der Waals surface area contributed by atoms with Crippen LogP contribution in [0.25, 0.3) is 0 Å². The minimum Gasteiger partial charge on any atom is -0.480 e. The Morgan fingerprint density at radius 1 is 0.951 bits per heavy atom. The average molecular weight is 560 g/mol. The molecule has 0 atom stereocenters. The number of aromatic amines is 1. The molecule has 0 unspecified atom stereocenters. The highest BCUT2D eigenvalue weighted by molar-refractivity contribution is 5.66. The zero-order valence-electron chi connectivity index (χ0n) is 24.3. The SMILES string of the molecule is O=C(O)Cn1ccnc1CN(Cc1ccc(CN2CCC3(CCN(C4CCCCC4)CC3)C2)cc1)Cc1ncc[nH]1. The lowest BCUT2D eigenvalue weighted by molar-refractivity contribution is -0.137. The van der Waals surface area contributed by atoms with Crippen LogP contribution in [0.2, 0.25) is 0 Å². The summed E-state index contributed by atoms with van der Waals surface area (Å²) < 4.78 is 1.70. The van der Waals surface area contributed by atoms with E-state index in [1.54, 1.807) is 23.2 Å². The summed E-state index contributed by atoms with van der Waals surface area (Å²) >= 11 is 0. The van der Waals surface area contributed by atoms with E-state index in [2.05, 4.69) is 53.9 Å². The molecule has 1 spiro atoms. The first-order chi connectivity index (χ1) is 20.0. The quantitative estimate of drug-likeness (QED) is 0.357. The van der Waals surface area contributed by atoms with E-state index in [9.17, 15) is 9.90 Å². The van der Waals surface area contributed by atoms with E-state index < -0.39 is 5.97 Å². The van der Waals surface area contributed by atoms with Crippen LogP contribution in [0, 0.1) is 5.41 Å². The van der Waals surface area contributed by atoms with Gasteiger partial charge in [0.2, 0.25) is 0 Å². The number of benzene rings is 1. The molecule has 6 rings (SSSR count). The van der Waals surface area contributed by atoms with Crippen LogP contribution in [0.15, 0.2) is 49.1 Å². The molecule has 1 aliphatic carbocycles. The number of rotatable bonds is 11. The van der Waals surface area contributed by atoms with Gasteiger partial charge in [-0.15, -0.1) is 0 Å². The van der Waals surface area contributed by atoms with Gasteiger partial charge < -0.3 is 19.6 Å². The fourth-order valence-electron chi connectivity index (χ4n) is 7.39. The first kappa shape index (κ1) is 28.1. The van der Waals surface area contributed by atoms with Crippen molar-refractivity contribution in [3.63, 3.8) is 0 Å². The summed E-state index contributed by atoms with van der Waals surface area (Å²) in [5, 5.41) is 9.26. The number of nitrogens with zero attached hydrogens (tertiary/aromatic N) is 6. The summed E-state index contributed by atoms with van der Waals surface area (Å²) in [6.07, 6.45) is 18.2. The molecule has 220 valence electrons. The number of imidazole rings is 2. The maximum Gasteiger partial charge on any atom is 0.323 e. The van der Waals surface area contributed by atoms with E-state index in [1.807, 2.05) is 6.20 Å². The Labute approximate surface area is 243 Å². The highest BCUT2D eigenvalue weighted by Gasteiger charge is 2.41. The number of carbonyl (C=O) groups is 1. The molecule has 3 aliphatic rings. The van der Waals surface area contributed by atoms with E-state index >= 15 is 0 Å². The highest BCUT2D eigenvalue weighted by Crippen LogP contribution is 2.42.